The van der Waals surface area contributed by atoms with E-state index < -0.39 is 5.54 Å². The quantitative estimate of drug-likeness (QED) is 0.745. The molecule has 2 aromatic carbocycles. The summed E-state index contributed by atoms with van der Waals surface area (Å²) in [7, 11) is 3.18. The number of carbonyl (C=O) groups excluding carboxylic acids is 2. The zero-order valence-electron chi connectivity index (χ0n) is 15.6. The van der Waals surface area contributed by atoms with Gasteiger partial charge in [0.25, 0.3) is 5.91 Å². The lowest BCUT2D eigenvalue weighted by Gasteiger charge is -2.31. The summed E-state index contributed by atoms with van der Waals surface area (Å²) < 4.78 is 5.30. The molecule has 6 nitrogen and oxygen atoms in total. The number of hydrogen-bond acceptors (Lipinski definition) is 3. The summed E-state index contributed by atoms with van der Waals surface area (Å²) in [6, 6.07) is 14.4. The lowest BCUT2D eigenvalue weighted by molar-refractivity contribution is 0.0963. The van der Waals surface area contributed by atoms with Crippen LogP contribution in [-0.4, -0.2) is 32.7 Å². The van der Waals surface area contributed by atoms with E-state index in [0.717, 1.165) is 11.1 Å². The fraction of sp³-hybridized carbons (Fsp3) is 0.300. The van der Waals surface area contributed by atoms with Crippen LogP contribution < -0.4 is 16.0 Å². The Hall–Kier alpha value is -2.86. The molecule has 2 rings (SSSR count). The van der Waals surface area contributed by atoms with Gasteiger partial charge in [0, 0.05) is 25.4 Å². The number of urea groups is 1. The molecule has 1 atom stereocenters. The van der Waals surface area contributed by atoms with Crippen LogP contribution in [0.5, 0.6) is 0 Å². The van der Waals surface area contributed by atoms with Crippen molar-refractivity contribution in [1.29, 1.82) is 0 Å². The summed E-state index contributed by atoms with van der Waals surface area (Å²) >= 11 is 0. The van der Waals surface area contributed by atoms with Crippen LogP contribution in [-0.2, 0) is 10.3 Å². The molecule has 2 aromatic rings. The molecule has 0 heterocycles. The van der Waals surface area contributed by atoms with Gasteiger partial charge in [0.1, 0.15) is 0 Å². The predicted octanol–water partition coefficient (Wildman–Crippen LogP) is 3.04. The van der Waals surface area contributed by atoms with Gasteiger partial charge >= 0.3 is 6.03 Å². The average Bonchev–Trinajstić information content (AvgIpc) is 2.63. The summed E-state index contributed by atoms with van der Waals surface area (Å²) in [4.78, 5) is 24.2. The standard InChI is InChI=1S/C20H25N3O3/c1-14-12-15(18(24)21-3)10-11-17(14)22-19(25)23-20(2,13-26-4)16-8-6-5-7-9-16/h5-12H,13H2,1-4H3,(H,21,24)(H2,22,23,25)/t20-/m0/s1. The molecule has 6 heteroatoms. The van der Waals surface area contributed by atoms with Crippen LogP contribution in [0.4, 0.5) is 10.5 Å². The molecular formula is C20H25N3O3. The SMILES string of the molecule is CNC(=O)c1ccc(NC(=O)N[C@@](C)(COC)c2ccccc2)c(C)c1. The summed E-state index contributed by atoms with van der Waals surface area (Å²) in [5, 5.41) is 8.40. The van der Waals surface area contributed by atoms with E-state index in [2.05, 4.69) is 16.0 Å². The van der Waals surface area contributed by atoms with Crippen LogP contribution in [0.15, 0.2) is 48.5 Å². The van der Waals surface area contributed by atoms with Gasteiger partial charge in [-0.2, -0.15) is 0 Å². The lowest BCUT2D eigenvalue weighted by Crippen LogP contribution is -2.48. The van der Waals surface area contributed by atoms with E-state index in [9.17, 15) is 9.59 Å². The third kappa shape index (κ3) is 4.61. The Bertz CT molecular complexity index is 777. The van der Waals surface area contributed by atoms with Crippen LogP contribution in [0.2, 0.25) is 0 Å². The van der Waals surface area contributed by atoms with Crippen molar-refractivity contribution in [3.63, 3.8) is 0 Å². The first-order valence-corrected chi connectivity index (χ1v) is 8.36. The zero-order valence-corrected chi connectivity index (χ0v) is 15.6. The number of methoxy groups -OCH3 is 1. The summed E-state index contributed by atoms with van der Waals surface area (Å²) in [5.41, 5.74) is 2.27. The minimum atomic E-state index is -0.671. The molecule has 26 heavy (non-hydrogen) atoms. The Morgan fingerprint density at radius 3 is 2.38 bits per heavy atom. The number of ether oxygens (including phenoxy) is 1. The molecule has 0 aliphatic rings. The van der Waals surface area contributed by atoms with Gasteiger partial charge in [-0.1, -0.05) is 30.3 Å². The van der Waals surface area contributed by atoms with Crippen molar-refractivity contribution in [3.8, 4) is 0 Å². The number of amides is 3. The fourth-order valence-corrected chi connectivity index (χ4v) is 2.78. The Balaban J connectivity index is 2.15. The van der Waals surface area contributed by atoms with Crippen molar-refractivity contribution in [2.75, 3.05) is 26.1 Å². The first-order valence-electron chi connectivity index (χ1n) is 8.36. The topological polar surface area (TPSA) is 79.5 Å². The summed E-state index contributed by atoms with van der Waals surface area (Å²) in [5.74, 6) is -0.166. The highest BCUT2D eigenvalue weighted by Crippen LogP contribution is 2.22. The maximum Gasteiger partial charge on any atom is 0.320 e. The van der Waals surface area contributed by atoms with Gasteiger partial charge in [-0.05, 0) is 43.2 Å². The highest BCUT2D eigenvalue weighted by Gasteiger charge is 2.28. The van der Waals surface area contributed by atoms with Crippen molar-refractivity contribution in [3.05, 3.63) is 65.2 Å². The monoisotopic (exact) mass is 355 g/mol. The largest absolute Gasteiger partial charge is 0.382 e. The number of nitrogens with one attached hydrogen (secondary N) is 3. The molecule has 0 spiro atoms. The van der Waals surface area contributed by atoms with Crippen LogP contribution in [0.25, 0.3) is 0 Å². The maximum atomic E-state index is 12.5. The van der Waals surface area contributed by atoms with Crippen molar-refractivity contribution in [2.45, 2.75) is 19.4 Å². The van der Waals surface area contributed by atoms with Crippen LogP contribution >= 0.6 is 0 Å². The zero-order chi connectivity index (χ0) is 19.2. The number of aryl methyl sites for hydroxylation is 1. The fourth-order valence-electron chi connectivity index (χ4n) is 2.78. The van der Waals surface area contributed by atoms with Gasteiger partial charge in [0.15, 0.2) is 0 Å². The molecule has 3 N–H and O–H groups in total. The van der Waals surface area contributed by atoms with Gasteiger partial charge in [0.2, 0.25) is 0 Å². The maximum absolute atomic E-state index is 12.5. The third-order valence-electron chi connectivity index (χ3n) is 4.20. The van der Waals surface area contributed by atoms with Gasteiger partial charge in [-0.3, -0.25) is 4.79 Å². The Kier molecular flexibility index (Phi) is 6.36. The van der Waals surface area contributed by atoms with Gasteiger partial charge < -0.3 is 20.7 Å². The van der Waals surface area contributed by atoms with Crippen molar-refractivity contribution in [2.24, 2.45) is 0 Å². The van der Waals surface area contributed by atoms with Gasteiger partial charge in [-0.15, -0.1) is 0 Å². The molecule has 0 aliphatic carbocycles. The predicted molar refractivity (Wildman–Crippen MR) is 102 cm³/mol. The summed E-state index contributed by atoms with van der Waals surface area (Å²) in [6.45, 7) is 4.08. The van der Waals surface area contributed by atoms with E-state index in [-0.39, 0.29) is 11.9 Å². The Morgan fingerprint density at radius 1 is 1.12 bits per heavy atom. The minimum Gasteiger partial charge on any atom is -0.382 e. The molecule has 3 amide bonds. The smallest absolute Gasteiger partial charge is 0.320 e. The van der Waals surface area contributed by atoms with Crippen LogP contribution in [0, 0.1) is 6.92 Å². The molecular weight excluding hydrogens is 330 g/mol. The number of anilines is 1. The van der Waals surface area contributed by atoms with Crippen molar-refractivity contribution < 1.29 is 14.3 Å². The third-order valence-corrected chi connectivity index (χ3v) is 4.20. The molecule has 0 saturated carbocycles. The molecule has 0 bridgehead atoms. The van der Waals surface area contributed by atoms with E-state index in [4.69, 9.17) is 4.74 Å². The van der Waals surface area contributed by atoms with Crippen molar-refractivity contribution in [1.82, 2.24) is 10.6 Å². The molecule has 0 aliphatic heterocycles. The van der Waals surface area contributed by atoms with E-state index in [1.807, 2.05) is 44.2 Å². The molecule has 138 valence electrons. The van der Waals surface area contributed by atoms with E-state index in [1.54, 1.807) is 32.4 Å². The van der Waals surface area contributed by atoms with E-state index in [0.29, 0.717) is 17.9 Å². The highest BCUT2D eigenvalue weighted by molar-refractivity contribution is 5.96. The number of hydrogen-bond donors (Lipinski definition) is 3. The normalized spacial score (nSPS) is 12.8. The van der Waals surface area contributed by atoms with Crippen molar-refractivity contribution >= 4 is 17.6 Å². The number of carbonyl (C=O) groups is 2. The Labute approximate surface area is 153 Å². The first kappa shape index (κ1) is 19.5. The molecule has 0 saturated heterocycles. The lowest BCUT2D eigenvalue weighted by atomic mass is 9.93. The van der Waals surface area contributed by atoms with Gasteiger partial charge in [0.05, 0.1) is 12.1 Å². The van der Waals surface area contributed by atoms with Crippen LogP contribution in [0.1, 0.15) is 28.4 Å². The molecule has 0 aromatic heterocycles. The molecule has 0 unspecified atom stereocenters. The average molecular weight is 355 g/mol. The van der Waals surface area contributed by atoms with E-state index >= 15 is 0 Å². The minimum absolute atomic E-state index is 0.166. The summed E-state index contributed by atoms with van der Waals surface area (Å²) in [6.07, 6.45) is 0. The second-order valence-corrected chi connectivity index (χ2v) is 6.32. The van der Waals surface area contributed by atoms with E-state index in [1.165, 1.54) is 0 Å². The van der Waals surface area contributed by atoms with Gasteiger partial charge in [-0.25, -0.2) is 4.79 Å². The van der Waals surface area contributed by atoms with Crippen LogP contribution in [0.3, 0.4) is 0 Å². The number of rotatable bonds is 6. The first-order chi connectivity index (χ1) is 12.4. The number of benzene rings is 2. The highest BCUT2D eigenvalue weighted by atomic mass is 16.5. The molecule has 0 radical (unpaired) electrons. The second-order valence-electron chi connectivity index (χ2n) is 6.32. The second kappa shape index (κ2) is 8.49. The Morgan fingerprint density at radius 2 is 1.81 bits per heavy atom. The molecule has 0 fully saturated rings.